The summed E-state index contributed by atoms with van der Waals surface area (Å²) >= 11 is 0. The first kappa shape index (κ1) is 25.3. The first-order chi connectivity index (χ1) is 16.3. The van der Waals surface area contributed by atoms with Crippen molar-refractivity contribution in [3.63, 3.8) is 0 Å². The Balaban J connectivity index is 1.72. The van der Waals surface area contributed by atoms with Crippen LogP contribution in [0.2, 0.25) is 0 Å². The third-order valence-electron chi connectivity index (χ3n) is 7.06. The zero-order chi connectivity index (χ0) is 25.9. The summed E-state index contributed by atoms with van der Waals surface area (Å²) in [6.07, 6.45) is -9.52. The molecule has 190 valence electrons. The maximum absolute atomic E-state index is 14.4. The van der Waals surface area contributed by atoms with Crippen molar-refractivity contribution in [1.29, 1.82) is 0 Å². The van der Waals surface area contributed by atoms with Crippen LogP contribution in [0.5, 0.6) is 5.75 Å². The van der Waals surface area contributed by atoms with Gasteiger partial charge in [0.2, 0.25) is 5.82 Å². The van der Waals surface area contributed by atoms with Crippen molar-refractivity contribution in [2.24, 2.45) is 5.92 Å². The number of hydrogen-bond acceptors (Lipinski definition) is 4. The van der Waals surface area contributed by atoms with Crippen LogP contribution in [0.15, 0.2) is 30.3 Å². The van der Waals surface area contributed by atoms with E-state index in [0.29, 0.717) is 11.1 Å². The van der Waals surface area contributed by atoms with Gasteiger partial charge in [0.05, 0.1) is 7.11 Å². The molecule has 1 heterocycles. The van der Waals surface area contributed by atoms with E-state index in [1.807, 2.05) is 0 Å². The number of rotatable bonds is 4. The molecule has 0 aromatic heterocycles. The molecule has 0 spiro atoms. The van der Waals surface area contributed by atoms with Crippen LogP contribution in [0.1, 0.15) is 42.6 Å². The lowest BCUT2D eigenvalue weighted by molar-refractivity contribution is -0.272. The number of amides is 1. The molecule has 2 aliphatic rings. The fraction of sp³-hybridized carbons (Fsp3) is 0.458. The number of alkyl halides is 4. The van der Waals surface area contributed by atoms with Gasteiger partial charge in [0.1, 0.15) is 18.4 Å². The molecule has 4 rings (SSSR count). The lowest BCUT2D eigenvalue weighted by atomic mass is 9.77. The van der Waals surface area contributed by atoms with E-state index in [1.165, 1.54) is 25.1 Å². The third-order valence-corrected chi connectivity index (χ3v) is 7.06. The summed E-state index contributed by atoms with van der Waals surface area (Å²) in [4.78, 5) is 13.2. The predicted octanol–water partition coefficient (Wildman–Crippen LogP) is 4.98. The van der Waals surface area contributed by atoms with Gasteiger partial charge in [0.25, 0.3) is 5.91 Å². The number of benzene rings is 2. The molecule has 1 amide bonds. The number of fused-ring (bicyclic) bond motifs is 1. The van der Waals surface area contributed by atoms with Crippen molar-refractivity contribution in [2.75, 3.05) is 12.4 Å². The monoisotopic (exact) mass is 503 g/mol. The van der Waals surface area contributed by atoms with Gasteiger partial charge in [-0.05, 0) is 36.2 Å². The fourth-order valence-corrected chi connectivity index (χ4v) is 4.92. The van der Waals surface area contributed by atoms with Gasteiger partial charge in [-0.2, -0.15) is 17.6 Å². The van der Waals surface area contributed by atoms with E-state index in [-0.39, 0.29) is 17.7 Å². The van der Waals surface area contributed by atoms with Crippen LogP contribution in [-0.2, 0) is 16.0 Å². The Kier molecular flexibility index (Phi) is 6.29. The highest BCUT2D eigenvalue weighted by molar-refractivity contribution is 5.95. The first-order valence-corrected chi connectivity index (χ1v) is 10.8. The molecular formula is C24H23F6NO4. The van der Waals surface area contributed by atoms with Gasteiger partial charge in [-0.1, -0.05) is 19.1 Å². The summed E-state index contributed by atoms with van der Waals surface area (Å²) in [7, 11) is 1.04. The van der Waals surface area contributed by atoms with E-state index < -0.39 is 65.3 Å². The number of halogens is 6. The third kappa shape index (κ3) is 4.04. The second-order valence-corrected chi connectivity index (χ2v) is 9.01. The molecule has 2 N–H and O–H groups in total. The van der Waals surface area contributed by atoms with Crippen LogP contribution in [0.25, 0.3) is 0 Å². The Morgan fingerprint density at radius 2 is 1.86 bits per heavy atom. The van der Waals surface area contributed by atoms with Crippen molar-refractivity contribution in [2.45, 2.75) is 56.3 Å². The number of nitrogens with one attached hydrogen (secondary N) is 1. The summed E-state index contributed by atoms with van der Waals surface area (Å²) in [5.74, 6) is -6.97. The quantitative estimate of drug-likeness (QED) is 0.578. The van der Waals surface area contributed by atoms with Gasteiger partial charge in [-0.25, -0.2) is 8.78 Å². The number of hydrogen-bond donors (Lipinski definition) is 2. The van der Waals surface area contributed by atoms with Crippen molar-refractivity contribution in [1.82, 2.24) is 0 Å². The minimum absolute atomic E-state index is 0.0853. The number of aliphatic hydroxyl groups excluding tert-OH is 1. The van der Waals surface area contributed by atoms with Crippen LogP contribution in [0, 0.1) is 17.6 Å². The molecule has 35 heavy (non-hydrogen) atoms. The molecule has 0 saturated carbocycles. The predicted molar refractivity (Wildman–Crippen MR) is 113 cm³/mol. The summed E-state index contributed by atoms with van der Waals surface area (Å²) in [6.45, 7) is 2.01. The standard InChI is InChI=1S/C24H23F6NO4/c1-10-17(14-6-7-15(25)18(27)20(14)34-3)21(35-23(10,2)24(28,29)30)22(33)31-12-4-5-13-11(8-12)9-16(26)19(13)32/h4-8,10,16-17,19,21,32H,9H2,1-3H3,(H,31,33)/t10-,16-,17-,19-,21+,23+/m0/s1. The lowest BCUT2D eigenvalue weighted by Crippen LogP contribution is -2.47. The van der Waals surface area contributed by atoms with E-state index in [0.717, 1.165) is 26.2 Å². The van der Waals surface area contributed by atoms with Gasteiger partial charge in [-0.15, -0.1) is 0 Å². The minimum atomic E-state index is -4.88. The van der Waals surface area contributed by atoms with Crippen LogP contribution >= 0.6 is 0 Å². The van der Waals surface area contributed by atoms with E-state index in [2.05, 4.69) is 5.32 Å². The van der Waals surface area contributed by atoms with Crippen LogP contribution in [0.3, 0.4) is 0 Å². The highest BCUT2D eigenvalue weighted by atomic mass is 19.4. The van der Waals surface area contributed by atoms with Crippen molar-refractivity contribution < 1.29 is 45.7 Å². The molecule has 5 nitrogen and oxygen atoms in total. The molecule has 0 radical (unpaired) electrons. The number of methoxy groups -OCH3 is 1. The number of aliphatic hydroxyl groups is 1. The zero-order valence-corrected chi connectivity index (χ0v) is 18.9. The van der Waals surface area contributed by atoms with E-state index in [1.54, 1.807) is 0 Å². The molecule has 2 aromatic carbocycles. The topological polar surface area (TPSA) is 67.8 Å². The Morgan fingerprint density at radius 3 is 2.49 bits per heavy atom. The molecule has 1 aliphatic carbocycles. The highest BCUT2D eigenvalue weighted by Gasteiger charge is 2.66. The molecular weight excluding hydrogens is 480 g/mol. The second kappa shape index (κ2) is 8.70. The molecule has 1 fully saturated rings. The Bertz CT molecular complexity index is 1160. The summed E-state index contributed by atoms with van der Waals surface area (Å²) in [6, 6.07) is 6.04. The summed E-state index contributed by atoms with van der Waals surface area (Å²) in [5.41, 5.74) is -1.97. The largest absolute Gasteiger partial charge is 0.493 e. The average Bonchev–Trinajstić information content (AvgIpc) is 3.23. The molecule has 11 heteroatoms. The number of carbonyl (C=O) groups is 1. The molecule has 1 saturated heterocycles. The van der Waals surface area contributed by atoms with Crippen LogP contribution < -0.4 is 10.1 Å². The van der Waals surface area contributed by atoms with E-state index >= 15 is 0 Å². The van der Waals surface area contributed by atoms with E-state index in [9.17, 15) is 36.2 Å². The van der Waals surface area contributed by atoms with Crippen LogP contribution in [-0.4, -0.2) is 42.2 Å². The Labute approximate surface area is 197 Å². The fourth-order valence-electron chi connectivity index (χ4n) is 4.92. The van der Waals surface area contributed by atoms with E-state index in [4.69, 9.17) is 9.47 Å². The van der Waals surface area contributed by atoms with Gasteiger partial charge in [0, 0.05) is 29.5 Å². The Morgan fingerprint density at radius 1 is 1.20 bits per heavy atom. The molecule has 6 atom stereocenters. The van der Waals surface area contributed by atoms with Crippen molar-refractivity contribution in [3.8, 4) is 5.75 Å². The van der Waals surface area contributed by atoms with Gasteiger partial charge in [0.15, 0.2) is 17.2 Å². The van der Waals surface area contributed by atoms with Crippen molar-refractivity contribution >= 4 is 11.6 Å². The maximum atomic E-state index is 14.4. The van der Waals surface area contributed by atoms with Gasteiger partial charge >= 0.3 is 6.18 Å². The average molecular weight is 503 g/mol. The highest BCUT2D eigenvalue weighted by Crippen LogP contribution is 2.55. The SMILES string of the molecule is COc1c([C@H]2[C@H](C(=O)Nc3ccc4c(c3)C[C@H](F)[C@H]4O)O[C@@](C)(C(F)(F)F)[C@H]2C)ccc(F)c1F. The zero-order valence-electron chi connectivity index (χ0n) is 18.9. The normalized spacial score (nSPS) is 30.3. The molecule has 0 unspecified atom stereocenters. The minimum Gasteiger partial charge on any atom is -0.493 e. The van der Waals surface area contributed by atoms with Gasteiger partial charge in [-0.3, -0.25) is 4.79 Å². The van der Waals surface area contributed by atoms with Gasteiger partial charge < -0.3 is 19.9 Å². The maximum Gasteiger partial charge on any atom is 0.417 e. The Hall–Kier alpha value is -2.79. The second-order valence-electron chi connectivity index (χ2n) is 9.01. The van der Waals surface area contributed by atoms with Crippen molar-refractivity contribution in [3.05, 3.63) is 58.7 Å². The van der Waals surface area contributed by atoms with Crippen LogP contribution in [0.4, 0.5) is 32.0 Å². The first-order valence-electron chi connectivity index (χ1n) is 10.8. The molecule has 2 aromatic rings. The number of anilines is 1. The number of ether oxygens (including phenoxy) is 2. The lowest BCUT2D eigenvalue weighted by Gasteiger charge is -2.32. The summed E-state index contributed by atoms with van der Waals surface area (Å²) in [5, 5.41) is 12.3. The molecule has 1 aliphatic heterocycles. The molecule has 0 bridgehead atoms. The smallest absolute Gasteiger partial charge is 0.417 e. The summed E-state index contributed by atoms with van der Waals surface area (Å²) < 4.78 is 94.3. The number of carbonyl (C=O) groups excluding carboxylic acids is 1.